The Kier molecular flexibility index (Phi) is 19.3. The number of fused-ring (bicyclic) bond motifs is 6. The van der Waals surface area contributed by atoms with Gasteiger partial charge in [-0.1, -0.05) is 77.0 Å². The lowest BCUT2D eigenvalue weighted by atomic mass is 10.1. The van der Waals surface area contributed by atoms with Gasteiger partial charge in [-0.3, -0.25) is 13.9 Å². The van der Waals surface area contributed by atoms with E-state index in [1.54, 1.807) is 10.6 Å². The second kappa shape index (κ2) is 23.8. The second-order valence-corrected chi connectivity index (χ2v) is 17.0. The molecule has 2 N–H and O–H groups in total. The Morgan fingerprint density at radius 3 is 1.42 bits per heavy atom. The average molecular weight is 769 g/mol. The number of rotatable bonds is 0. The van der Waals surface area contributed by atoms with Crippen molar-refractivity contribution in [2.45, 2.75) is 160 Å². The van der Waals surface area contributed by atoms with Gasteiger partial charge in [0.1, 0.15) is 11.4 Å². The Morgan fingerprint density at radius 1 is 0.547 bits per heavy atom. The predicted octanol–water partition coefficient (Wildman–Crippen LogP) is 7.82. The van der Waals surface area contributed by atoms with Gasteiger partial charge in [-0.05, 0) is 92.8 Å². The summed E-state index contributed by atoms with van der Waals surface area (Å²) in [6, 6.07) is 5.93. The summed E-state index contributed by atoms with van der Waals surface area (Å²) in [4.78, 5) is 36.0. The first-order chi connectivity index (χ1) is 25.7. The molecular weight excluding hydrogens is 701 g/mol. The number of thioether (sulfide) groups is 2. The molecule has 53 heavy (non-hydrogen) atoms. The largest absolute Gasteiger partial charge is 0.361 e. The molecule has 6 bridgehead atoms. The van der Waals surface area contributed by atoms with Gasteiger partial charge in [0.05, 0.1) is 14.1 Å². The maximum Gasteiger partial charge on any atom is 0.361 e. The molecular formula is C41H68N8O2S2+2. The van der Waals surface area contributed by atoms with Gasteiger partial charge >= 0.3 is 16.0 Å². The smallest absolute Gasteiger partial charge is 0.349 e. The first-order valence-corrected chi connectivity index (χ1v) is 22.5. The minimum Gasteiger partial charge on any atom is -0.349 e. The summed E-state index contributed by atoms with van der Waals surface area (Å²) in [5, 5.41) is 9.25. The van der Waals surface area contributed by atoms with Crippen LogP contribution in [-0.2, 0) is 27.2 Å². The molecule has 10 nitrogen and oxygen atoms in total. The predicted molar refractivity (Wildman–Crippen MR) is 222 cm³/mol. The van der Waals surface area contributed by atoms with Crippen LogP contribution in [0.25, 0.3) is 0 Å². The topological polar surface area (TPSA) is 102 Å². The third-order valence-corrected chi connectivity index (χ3v) is 12.7. The van der Waals surface area contributed by atoms with Crippen molar-refractivity contribution in [3.05, 3.63) is 56.1 Å². The number of aromatic nitrogens is 6. The molecule has 0 saturated carbocycles. The number of anilines is 2. The summed E-state index contributed by atoms with van der Waals surface area (Å²) >= 11 is 3.64. The molecule has 0 saturated heterocycles. The Hall–Kier alpha value is -2.86. The fourth-order valence-electron chi connectivity index (χ4n) is 6.83. The molecule has 0 unspecified atom stereocenters. The Morgan fingerprint density at radius 2 is 0.943 bits per heavy atom. The van der Waals surface area contributed by atoms with Crippen molar-refractivity contribution in [2.75, 3.05) is 35.2 Å². The van der Waals surface area contributed by atoms with E-state index >= 15 is 0 Å². The van der Waals surface area contributed by atoms with E-state index in [4.69, 9.17) is 9.97 Å². The lowest BCUT2D eigenvalue weighted by molar-refractivity contribution is -0.718. The van der Waals surface area contributed by atoms with Gasteiger partial charge in [0, 0.05) is 61.6 Å². The molecule has 3 aromatic heterocycles. The molecule has 0 atom stereocenters. The first-order valence-electron chi connectivity index (χ1n) is 20.5. The van der Waals surface area contributed by atoms with Crippen LogP contribution in [0.4, 0.5) is 11.6 Å². The SMILES string of the molecule is Cc1cc(=O)n2c(=O)n1CCCCCCSc1nc(cc(C)[n+]1C)NCCCCCCCCCCCCNc1cc(C)[n+](C)c(n1)SCCCCCC2. The number of nitrogens with one attached hydrogen (secondary N) is 2. The third kappa shape index (κ3) is 14.7. The zero-order valence-electron chi connectivity index (χ0n) is 33.5. The van der Waals surface area contributed by atoms with E-state index < -0.39 is 0 Å². The van der Waals surface area contributed by atoms with Crippen LogP contribution in [0.15, 0.2) is 38.1 Å². The summed E-state index contributed by atoms with van der Waals surface area (Å²) in [6.45, 7) is 9.23. The molecule has 0 amide bonds. The van der Waals surface area contributed by atoms with Gasteiger partial charge in [0.15, 0.2) is 0 Å². The zero-order chi connectivity index (χ0) is 37.8. The van der Waals surface area contributed by atoms with Gasteiger partial charge in [-0.15, -0.1) is 0 Å². The van der Waals surface area contributed by atoms with Crippen molar-refractivity contribution in [1.29, 1.82) is 0 Å². The molecule has 4 heterocycles. The van der Waals surface area contributed by atoms with E-state index in [2.05, 4.69) is 59.8 Å². The second-order valence-electron chi connectivity index (χ2n) is 14.9. The monoisotopic (exact) mass is 768 g/mol. The lowest BCUT2D eigenvalue weighted by Gasteiger charge is -2.13. The van der Waals surface area contributed by atoms with E-state index in [9.17, 15) is 9.59 Å². The van der Waals surface area contributed by atoms with Crippen molar-refractivity contribution in [1.82, 2.24) is 19.1 Å². The molecule has 0 aliphatic carbocycles. The highest BCUT2D eigenvalue weighted by atomic mass is 32.2. The third-order valence-electron chi connectivity index (χ3n) is 10.5. The first kappa shape index (κ1) is 42.9. The zero-order valence-corrected chi connectivity index (χ0v) is 35.2. The Balaban J connectivity index is 1.30. The summed E-state index contributed by atoms with van der Waals surface area (Å²) in [5.74, 6) is 3.97. The van der Waals surface area contributed by atoms with E-state index in [0.29, 0.717) is 13.1 Å². The summed E-state index contributed by atoms with van der Waals surface area (Å²) < 4.78 is 7.60. The highest BCUT2D eigenvalue weighted by Crippen LogP contribution is 2.19. The van der Waals surface area contributed by atoms with E-state index in [-0.39, 0.29) is 11.2 Å². The fraction of sp³-hybridized carbons (Fsp3) is 0.707. The van der Waals surface area contributed by atoms with Crippen LogP contribution in [0.1, 0.15) is 133 Å². The van der Waals surface area contributed by atoms with E-state index in [0.717, 1.165) is 104 Å². The quantitative estimate of drug-likeness (QED) is 0.177. The molecule has 1 aliphatic heterocycles. The van der Waals surface area contributed by atoms with Crippen LogP contribution in [0.5, 0.6) is 0 Å². The molecule has 0 radical (unpaired) electrons. The van der Waals surface area contributed by atoms with Crippen molar-refractivity contribution in [3.63, 3.8) is 0 Å². The summed E-state index contributed by atoms with van der Waals surface area (Å²) in [6.07, 6.45) is 21.0. The molecule has 0 fully saturated rings. The highest BCUT2D eigenvalue weighted by Gasteiger charge is 2.18. The van der Waals surface area contributed by atoms with Crippen LogP contribution in [0, 0.1) is 20.8 Å². The molecule has 4 rings (SSSR count). The van der Waals surface area contributed by atoms with Gasteiger partial charge in [0.25, 0.3) is 5.56 Å². The Bertz CT molecular complexity index is 1680. The number of hydrogen-bond donors (Lipinski definition) is 2. The van der Waals surface area contributed by atoms with E-state index in [1.807, 2.05) is 30.4 Å². The molecule has 1 aliphatic rings. The van der Waals surface area contributed by atoms with E-state index in [1.165, 1.54) is 80.2 Å². The minimum atomic E-state index is -0.181. The lowest BCUT2D eigenvalue weighted by Crippen LogP contribution is -2.40. The van der Waals surface area contributed by atoms with Crippen LogP contribution in [-0.4, -0.2) is 43.7 Å². The van der Waals surface area contributed by atoms with Crippen molar-refractivity contribution < 1.29 is 9.13 Å². The van der Waals surface area contributed by atoms with Crippen molar-refractivity contribution in [3.8, 4) is 0 Å². The number of nitrogens with zero attached hydrogens (tertiary/aromatic N) is 6. The maximum atomic E-state index is 13.3. The number of aryl methyl sites for hydroxylation is 3. The van der Waals surface area contributed by atoms with Crippen molar-refractivity contribution in [2.24, 2.45) is 14.1 Å². The normalized spacial score (nSPS) is 17.9. The summed E-state index contributed by atoms with van der Waals surface area (Å²) in [7, 11) is 4.19. The average Bonchev–Trinajstić information content (AvgIpc) is 3.13. The molecule has 0 spiro atoms. The van der Waals surface area contributed by atoms with Crippen LogP contribution < -0.4 is 31.0 Å². The van der Waals surface area contributed by atoms with Gasteiger partial charge in [-0.25, -0.2) is 13.9 Å². The molecule has 3 aromatic rings. The van der Waals surface area contributed by atoms with Crippen molar-refractivity contribution >= 4 is 35.2 Å². The van der Waals surface area contributed by atoms with Gasteiger partial charge in [0.2, 0.25) is 11.6 Å². The molecule has 0 aromatic carbocycles. The number of hydrogen-bond acceptors (Lipinski definition) is 8. The standard InChI is InChI=1S/C41H66N8O2S2/c1-33-30-36-42-24-18-12-10-8-6-7-9-11-13-19-25-43-37-31-34(2)47(5)40(45-37)53-29-23-17-15-21-27-49-38(50)32-35(3)48(41(49)51)26-20-14-16-22-28-52-39(44-36)46(33)4/h30-32H,6-29H2,1-5H3/p+2. The summed E-state index contributed by atoms with van der Waals surface area (Å²) in [5.41, 5.74) is 2.83. The van der Waals surface area contributed by atoms with Crippen LogP contribution in [0.3, 0.4) is 0 Å². The Labute approximate surface area is 327 Å². The molecule has 12 heteroatoms. The van der Waals surface area contributed by atoms with Gasteiger partial charge in [-0.2, -0.15) is 0 Å². The van der Waals surface area contributed by atoms with Gasteiger partial charge < -0.3 is 10.6 Å². The maximum absolute atomic E-state index is 13.3. The highest BCUT2D eigenvalue weighted by molar-refractivity contribution is 7.99. The van der Waals surface area contributed by atoms with Crippen LogP contribution in [0.2, 0.25) is 0 Å². The fourth-order valence-corrected chi connectivity index (χ4v) is 8.89. The van der Waals surface area contributed by atoms with Crippen LogP contribution >= 0.6 is 23.5 Å². The molecule has 294 valence electrons. The minimum absolute atomic E-state index is 0.162.